The molecule has 0 atom stereocenters. The fourth-order valence-electron chi connectivity index (χ4n) is 2.45. The molecule has 3 N–H and O–H groups in total. The first kappa shape index (κ1) is 21.5. The third-order valence-corrected chi connectivity index (χ3v) is 4.88. The van der Waals surface area contributed by atoms with Crippen LogP contribution >= 0.6 is 23.6 Å². The number of nitrogens with one attached hydrogen (secondary N) is 3. The van der Waals surface area contributed by atoms with Gasteiger partial charge in [0.2, 0.25) is 0 Å². The molecule has 0 aliphatic heterocycles. The minimum Gasteiger partial charge on any atom is -0.332 e. The third kappa shape index (κ3) is 5.65. The summed E-state index contributed by atoms with van der Waals surface area (Å²) in [5.41, 5.74) is -0.206. The van der Waals surface area contributed by atoms with Crippen LogP contribution in [0.1, 0.15) is 25.6 Å². The Balaban J connectivity index is 1.65. The van der Waals surface area contributed by atoms with Crippen LogP contribution in [0, 0.1) is 0 Å². The van der Waals surface area contributed by atoms with E-state index in [1.165, 1.54) is 35.6 Å². The van der Waals surface area contributed by atoms with Crippen molar-refractivity contribution in [2.45, 2.75) is 6.18 Å². The molecule has 1 aromatic heterocycles. The van der Waals surface area contributed by atoms with Gasteiger partial charge in [0.25, 0.3) is 11.8 Å². The van der Waals surface area contributed by atoms with E-state index in [1.54, 1.807) is 29.6 Å². The van der Waals surface area contributed by atoms with E-state index in [-0.39, 0.29) is 22.3 Å². The van der Waals surface area contributed by atoms with Gasteiger partial charge in [0, 0.05) is 16.9 Å². The normalized spacial score (nSPS) is 10.9. The summed E-state index contributed by atoms with van der Waals surface area (Å²) < 4.78 is 38.5. The molecule has 30 heavy (non-hydrogen) atoms. The predicted molar refractivity (Wildman–Crippen MR) is 114 cm³/mol. The SMILES string of the molecule is O=C(Nc1cccc(C(F)(F)F)c1)c1cccc(NC(=S)NC(=O)c2cccs2)c1. The molecule has 2 aromatic carbocycles. The maximum atomic E-state index is 12.8. The molecule has 0 fully saturated rings. The Morgan fingerprint density at radius 3 is 2.23 bits per heavy atom. The topological polar surface area (TPSA) is 70.2 Å². The van der Waals surface area contributed by atoms with Crippen LogP contribution in [0.2, 0.25) is 0 Å². The van der Waals surface area contributed by atoms with Gasteiger partial charge in [0.15, 0.2) is 5.11 Å². The Morgan fingerprint density at radius 2 is 1.57 bits per heavy atom. The lowest BCUT2D eigenvalue weighted by molar-refractivity contribution is -0.137. The van der Waals surface area contributed by atoms with Crippen molar-refractivity contribution < 1.29 is 22.8 Å². The molecule has 154 valence electrons. The maximum absolute atomic E-state index is 12.8. The number of hydrogen-bond acceptors (Lipinski definition) is 4. The van der Waals surface area contributed by atoms with Crippen LogP contribution in [0.5, 0.6) is 0 Å². The van der Waals surface area contributed by atoms with E-state index >= 15 is 0 Å². The molecule has 3 rings (SSSR count). The van der Waals surface area contributed by atoms with Gasteiger partial charge in [-0.25, -0.2) is 0 Å². The Kier molecular flexibility index (Phi) is 6.48. The molecular formula is C20H14F3N3O2S2. The molecule has 0 spiro atoms. The smallest absolute Gasteiger partial charge is 0.332 e. The number of carbonyl (C=O) groups excluding carboxylic acids is 2. The van der Waals surface area contributed by atoms with Crippen molar-refractivity contribution >= 4 is 51.9 Å². The molecule has 0 aliphatic rings. The van der Waals surface area contributed by atoms with Crippen LogP contribution in [0.3, 0.4) is 0 Å². The fraction of sp³-hybridized carbons (Fsp3) is 0.0500. The number of amides is 2. The van der Waals surface area contributed by atoms with Gasteiger partial charge in [-0.2, -0.15) is 13.2 Å². The highest BCUT2D eigenvalue weighted by molar-refractivity contribution is 7.80. The summed E-state index contributed by atoms with van der Waals surface area (Å²) in [6.07, 6.45) is -4.51. The maximum Gasteiger partial charge on any atom is 0.416 e. The molecule has 0 aliphatic carbocycles. The van der Waals surface area contributed by atoms with Gasteiger partial charge in [-0.1, -0.05) is 18.2 Å². The predicted octanol–water partition coefficient (Wildman–Crippen LogP) is 5.15. The Bertz CT molecular complexity index is 1080. The van der Waals surface area contributed by atoms with E-state index in [4.69, 9.17) is 12.2 Å². The summed E-state index contributed by atoms with van der Waals surface area (Å²) in [6, 6.07) is 13.9. The molecule has 5 nitrogen and oxygen atoms in total. The molecule has 0 radical (unpaired) electrons. The first-order valence-electron chi connectivity index (χ1n) is 8.47. The molecule has 0 unspecified atom stereocenters. The average Bonchev–Trinajstić information content (AvgIpc) is 3.22. The first-order valence-corrected chi connectivity index (χ1v) is 9.76. The summed E-state index contributed by atoms with van der Waals surface area (Å²) in [5.74, 6) is -0.951. The average molecular weight is 449 g/mol. The number of thiocarbonyl (C=S) groups is 1. The molecule has 3 aromatic rings. The van der Waals surface area contributed by atoms with Crippen molar-refractivity contribution in [1.29, 1.82) is 0 Å². The standard InChI is InChI=1S/C20H14F3N3O2S2/c21-20(22,23)13-5-2-7-15(11-13)24-17(27)12-4-1-6-14(10-12)25-19(29)26-18(28)16-8-3-9-30-16/h1-11H,(H,24,27)(H2,25,26,28,29). The second-order valence-corrected chi connectivity index (χ2v) is 7.35. The minimum absolute atomic E-state index is 0.0203. The molecular weight excluding hydrogens is 435 g/mol. The molecule has 2 amide bonds. The van der Waals surface area contributed by atoms with Crippen LogP contribution in [-0.2, 0) is 6.18 Å². The van der Waals surface area contributed by atoms with Crippen molar-refractivity contribution in [3.8, 4) is 0 Å². The highest BCUT2D eigenvalue weighted by Gasteiger charge is 2.30. The lowest BCUT2D eigenvalue weighted by Crippen LogP contribution is -2.33. The number of halogens is 3. The number of carbonyl (C=O) groups is 2. The largest absolute Gasteiger partial charge is 0.416 e. The Morgan fingerprint density at radius 1 is 0.867 bits per heavy atom. The number of rotatable bonds is 4. The van der Waals surface area contributed by atoms with Crippen LogP contribution in [0.4, 0.5) is 24.5 Å². The molecule has 0 saturated heterocycles. The summed E-state index contributed by atoms with van der Waals surface area (Å²) in [6.45, 7) is 0. The van der Waals surface area contributed by atoms with E-state index in [2.05, 4.69) is 16.0 Å². The highest BCUT2D eigenvalue weighted by atomic mass is 32.1. The molecule has 1 heterocycles. The Hall–Kier alpha value is -3.24. The quantitative estimate of drug-likeness (QED) is 0.482. The monoisotopic (exact) mass is 449 g/mol. The van der Waals surface area contributed by atoms with Crippen LogP contribution in [0.15, 0.2) is 66.0 Å². The third-order valence-electron chi connectivity index (χ3n) is 3.80. The van der Waals surface area contributed by atoms with Crippen molar-refractivity contribution in [2.24, 2.45) is 0 Å². The number of anilines is 2. The van der Waals surface area contributed by atoms with Crippen LogP contribution in [-0.4, -0.2) is 16.9 Å². The van der Waals surface area contributed by atoms with E-state index in [1.807, 2.05) is 0 Å². The summed E-state index contributed by atoms with van der Waals surface area (Å²) in [5, 5.41) is 9.56. The van der Waals surface area contributed by atoms with E-state index < -0.39 is 17.6 Å². The summed E-state index contributed by atoms with van der Waals surface area (Å²) >= 11 is 6.37. The number of alkyl halides is 3. The van der Waals surface area contributed by atoms with Gasteiger partial charge in [-0.15, -0.1) is 11.3 Å². The van der Waals surface area contributed by atoms with Gasteiger partial charge in [0.05, 0.1) is 10.4 Å². The zero-order chi connectivity index (χ0) is 21.7. The van der Waals surface area contributed by atoms with Gasteiger partial charge in [-0.05, 0) is 60.1 Å². The van der Waals surface area contributed by atoms with Gasteiger partial charge >= 0.3 is 6.18 Å². The Labute approximate surface area is 178 Å². The fourth-order valence-corrected chi connectivity index (χ4v) is 3.28. The van der Waals surface area contributed by atoms with Crippen LogP contribution in [0.25, 0.3) is 0 Å². The van der Waals surface area contributed by atoms with Gasteiger partial charge in [-0.3, -0.25) is 14.9 Å². The second-order valence-electron chi connectivity index (χ2n) is 6.00. The number of hydrogen-bond donors (Lipinski definition) is 3. The van der Waals surface area contributed by atoms with E-state index in [9.17, 15) is 22.8 Å². The van der Waals surface area contributed by atoms with Crippen molar-refractivity contribution in [3.63, 3.8) is 0 Å². The van der Waals surface area contributed by atoms with Gasteiger partial charge < -0.3 is 10.6 Å². The van der Waals surface area contributed by atoms with E-state index in [0.29, 0.717) is 10.6 Å². The zero-order valence-corrected chi connectivity index (χ0v) is 16.8. The molecule has 10 heteroatoms. The zero-order valence-electron chi connectivity index (χ0n) is 15.1. The number of thiophene rings is 1. The first-order chi connectivity index (χ1) is 14.2. The summed E-state index contributed by atoms with van der Waals surface area (Å²) in [4.78, 5) is 24.9. The van der Waals surface area contributed by atoms with Crippen molar-refractivity contribution in [1.82, 2.24) is 5.32 Å². The molecule has 0 saturated carbocycles. The lowest BCUT2D eigenvalue weighted by atomic mass is 10.1. The minimum atomic E-state index is -4.51. The molecule has 0 bridgehead atoms. The number of benzene rings is 2. The van der Waals surface area contributed by atoms with Crippen molar-refractivity contribution in [2.75, 3.05) is 10.6 Å². The lowest BCUT2D eigenvalue weighted by Gasteiger charge is -2.12. The van der Waals surface area contributed by atoms with Crippen molar-refractivity contribution in [3.05, 3.63) is 82.0 Å². The van der Waals surface area contributed by atoms with Crippen LogP contribution < -0.4 is 16.0 Å². The van der Waals surface area contributed by atoms with E-state index in [0.717, 1.165) is 12.1 Å². The highest BCUT2D eigenvalue weighted by Crippen LogP contribution is 2.30. The second kappa shape index (κ2) is 9.06. The summed E-state index contributed by atoms with van der Waals surface area (Å²) in [7, 11) is 0. The van der Waals surface area contributed by atoms with Gasteiger partial charge in [0.1, 0.15) is 0 Å².